The van der Waals surface area contributed by atoms with Crippen molar-refractivity contribution in [3.05, 3.63) is 47.8 Å². The molecule has 4 heteroatoms. The van der Waals surface area contributed by atoms with Crippen molar-refractivity contribution < 1.29 is 0 Å². The summed E-state index contributed by atoms with van der Waals surface area (Å²) in [5, 5.41) is 8.10. The first-order valence-corrected chi connectivity index (χ1v) is 7.84. The zero-order chi connectivity index (χ0) is 13.7. The summed E-state index contributed by atoms with van der Waals surface area (Å²) in [4.78, 5) is 1.29. The zero-order valence-electron chi connectivity index (χ0n) is 11.8. The van der Waals surface area contributed by atoms with Gasteiger partial charge in [0.15, 0.2) is 0 Å². The fourth-order valence-corrected chi connectivity index (χ4v) is 2.47. The summed E-state index contributed by atoms with van der Waals surface area (Å²) in [7, 11) is 1.96. The van der Waals surface area contributed by atoms with Crippen molar-refractivity contribution in [2.45, 2.75) is 24.3 Å². The molecule has 1 heterocycles. The van der Waals surface area contributed by atoms with Crippen molar-refractivity contribution in [3.63, 3.8) is 0 Å². The molecule has 1 aromatic carbocycles. The number of thioether (sulfide) groups is 1. The summed E-state index contributed by atoms with van der Waals surface area (Å²) in [5.74, 6) is 0. The third-order valence-corrected chi connectivity index (χ3v) is 3.82. The minimum Gasteiger partial charge on any atom is -0.305 e. The summed E-state index contributed by atoms with van der Waals surface area (Å²) in [6.45, 7) is 3.17. The van der Waals surface area contributed by atoms with Gasteiger partial charge in [-0.25, -0.2) is 0 Å². The molecule has 1 atom stereocenters. The van der Waals surface area contributed by atoms with Crippen LogP contribution in [0.3, 0.4) is 0 Å². The quantitative estimate of drug-likeness (QED) is 0.821. The first-order chi connectivity index (χ1) is 9.24. The highest BCUT2D eigenvalue weighted by Crippen LogP contribution is 2.23. The Labute approximate surface area is 119 Å². The number of aryl methyl sites for hydroxylation is 1. The van der Waals surface area contributed by atoms with Gasteiger partial charge in [-0.3, -0.25) is 4.68 Å². The maximum absolute atomic E-state index is 4.53. The Kier molecular flexibility index (Phi) is 5.05. The van der Waals surface area contributed by atoms with Crippen LogP contribution in [0.4, 0.5) is 0 Å². The Morgan fingerprint density at radius 1 is 1.26 bits per heavy atom. The van der Waals surface area contributed by atoms with Crippen molar-refractivity contribution in [3.8, 4) is 0 Å². The van der Waals surface area contributed by atoms with E-state index < -0.39 is 0 Å². The van der Waals surface area contributed by atoms with Gasteiger partial charge in [-0.15, -0.1) is 11.8 Å². The predicted molar refractivity (Wildman–Crippen MR) is 81.6 cm³/mol. The second kappa shape index (κ2) is 6.78. The standard InChI is InChI=1S/C15H21N3S/c1-4-10-16-15(14-9-11-18(2)17-14)12-5-7-13(19-3)8-6-12/h5-9,11,15-16H,4,10H2,1-3H3. The summed E-state index contributed by atoms with van der Waals surface area (Å²) < 4.78 is 1.85. The van der Waals surface area contributed by atoms with Crippen LogP contribution in [-0.4, -0.2) is 22.6 Å². The van der Waals surface area contributed by atoms with Crippen LogP contribution in [-0.2, 0) is 7.05 Å². The van der Waals surface area contributed by atoms with Crippen LogP contribution in [0.2, 0.25) is 0 Å². The lowest BCUT2D eigenvalue weighted by atomic mass is 10.0. The summed E-state index contributed by atoms with van der Waals surface area (Å²) in [6.07, 6.45) is 5.21. The Morgan fingerprint density at radius 2 is 2.00 bits per heavy atom. The lowest BCUT2D eigenvalue weighted by molar-refractivity contribution is 0.575. The molecular weight excluding hydrogens is 254 g/mol. The van der Waals surface area contributed by atoms with Crippen LogP contribution in [0.25, 0.3) is 0 Å². The zero-order valence-corrected chi connectivity index (χ0v) is 12.6. The smallest absolute Gasteiger partial charge is 0.0839 e. The Balaban J connectivity index is 2.25. The van der Waals surface area contributed by atoms with E-state index in [1.807, 2.05) is 17.9 Å². The van der Waals surface area contributed by atoms with Gasteiger partial charge in [-0.2, -0.15) is 5.10 Å². The molecule has 1 aromatic heterocycles. The van der Waals surface area contributed by atoms with Gasteiger partial charge in [-0.1, -0.05) is 19.1 Å². The van der Waals surface area contributed by atoms with E-state index in [4.69, 9.17) is 0 Å². The first-order valence-electron chi connectivity index (χ1n) is 6.61. The number of hydrogen-bond acceptors (Lipinski definition) is 3. The van der Waals surface area contributed by atoms with E-state index in [-0.39, 0.29) is 6.04 Å². The Morgan fingerprint density at radius 3 is 2.53 bits per heavy atom. The second-order valence-electron chi connectivity index (χ2n) is 4.57. The lowest BCUT2D eigenvalue weighted by Gasteiger charge is -2.17. The van der Waals surface area contributed by atoms with E-state index in [1.54, 1.807) is 11.8 Å². The highest BCUT2D eigenvalue weighted by atomic mass is 32.2. The fraction of sp³-hybridized carbons (Fsp3) is 0.400. The fourth-order valence-electron chi connectivity index (χ4n) is 2.07. The van der Waals surface area contributed by atoms with Gasteiger partial charge >= 0.3 is 0 Å². The average Bonchev–Trinajstić information content (AvgIpc) is 2.86. The molecule has 0 radical (unpaired) electrons. The van der Waals surface area contributed by atoms with Crippen molar-refractivity contribution >= 4 is 11.8 Å². The van der Waals surface area contributed by atoms with E-state index in [1.165, 1.54) is 10.5 Å². The van der Waals surface area contributed by atoms with Crippen molar-refractivity contribution in [1.29, 1.82) is 0 Å². The molecule has 1 unspecified atom stereocenters. The third kappa shape index (κ3) is 3.61. The van der Waals surface area contributed by atoms with E-state index >= 15 is 0 Å². The van der Waals surface area contributed by atoms with Gasteiger partial charge in [0.2, 0.25) is 0 Å². The second-order valence-corrected chi connectivity index (χ2v) is 5.45. The van der Waals surface area contributed by atoms with Crippen molar-refractivity contribution in [2.24, 2.45) is 7.05 Å². The summed E-state index contributed by atoms with van der Waals surface area (Å²) in [6, 6.07) is 11.0. The third-order valence-electron chi connectivity index (χ3n) is 3.08. The van der Waals surface area contributed by atoms with Crippen LogP contribution in [0.15, 0.2) is 41.4 Å². The Bertz CT molecular complexity index is 504. The Hall–Kier alpha value is -1.26. The molecule has 0 bridgehead atoms. The van der Waals surface area contributed by atoms with Crippen LogP contribution in [0, 0.1) is 0 Å². The van der Waals surface area contributed by atoms with Crippen molar-refractivity contribution in [1.82, 2.24) is 15.1 Å². The maximum atomic E-state index is 4.53. The molecule has 2 aromatic rings. The predicted octanol–water partition coefficient (Wildman–Crippen LogP) is 3.23. The molecule has 1 N–H and O–H groups in total. The normalized spacial score (nSPS) is 12.6. The molecule has 0 spiro atoms. The molecular formula is C15H21N3S. The van der Waals surface area contributed by atoms with Gasteiger partial charge in [0.25, 0.3) is 0 Å². The van der Waals surface area contributed by atoms with E-state index in [2.05, 4.69) is 53.9 Å². The van der Waals surface area contributed by atoms with E-state index in [0.717, 1.165) is 18.7 Å². The van der Waals surface area contributed by atoms with Crippen molar-refractivity contribution in [2.75, 3.05) is 12.8 Å². The number of hydrogen-bond donors (Lipinski definition) is 1. The van der Waals surface area contributed by atoms with Gasteiger partial charge in [-0.05, 0) is 43.0 Å². The molecule has 0 aliphatic carbocycles. The number of aromatic nitrogens is 2. The number of benzene rings is 1. The monoisotopic (exact) mass is 275 g/mol. The molecule has 0 aliphatic rings. The average molecular weight is 275 g/mol. The van der Waals surface area contributed by atoms with Crippen LogP contribution in [0.5, 0.6) is 0 Å². The van der Waals surface area contributed by atoms with E-state index in [0.29, 0.717) is 0 Å². The van der Waals surface area contributed by atoms with E-state index in [9.17, 15) is 0 Å². The number of rotatable bonds is 6. The van der Waals surface area contributed by atoms with Crippen LogP contribution in [0.1, 0.15) is 30.6 Å². The molecule has 0 aliphatic heterocycles. The topological polar surface area (TPSA) is 29.9 Å². The molecule has 19 heavy (non-hydrogen) atoms. The van der Waals surface area contributed by atoms with Gasteiger partial charge < -0.3 is 5.32 Å². The summed E-state index contributed by atoms with van der Waals surface area (Å²) >= 11 is 1.77. The molecule has 0 saturated heterocycles. The van der Waals surface area contributed by atoms with Crippen LogP contribution >= 0.6 is 11.8 Å². The molecule has 2 rings (SSSR count). The summed E-state index contributed by atoms with van der Waals surface area (Å²) in [5.41, 5.74) is 2.35. The first kappa shape index (κ1) is 14.2. The molecule has 3 nitrogen and oxygen atoms in total. The molecule has 0 saturated carbocycles. The highest BCUT2D eigenvalue weighted by molar-refractivity contribution is 7.98. The minimum atomic E-state index is 0.178. The van der Waals surface area contributed by atoms with Gasteiger partial charge in [0.1, 0.15) is 0 Å². The minimum absolute atomic E-state index is 0.178. The van der Waals surface area contributed by atoms with Crippen LogP contribution < -0.4 is 5.32 Å². The molecule has 102 valence electrons. The van der Waals surface area contributed by atoms with Gasteiger partial charge in [0.05, 0.1) is 11.7 Å². The highest BCUT2D eigenvalue weighted by Gasteiger charge is 2.15. The lowest BCUT2D eigenvalue weighted by Crippen LogP contribution is -2.23. The largest absolute Gasteiger partial charge is 0.305 e. The maximum Gasteiger partial charge on any atom is 0.0839 e. The number of nitrogens with zero attached hydrogens (tertiary/aromatic N) is 2. The SMILES string of the molecule is CCCNC(c1ccc(SC)cc1)c1ccn(C)n1. The number of nitrogens with one attached hydrogen (secondary N) is 1. The van der Waals surface area contributed by atoms with Gasteiger partial charge in [0, 0.05) is 18.1 Å². The molecule has 0 fully saturated rings. The molecule has 0 amide bonds.